The summed E-state index contributed by atoms with van der Waals surface area (Å²) in [6.45, 7) is 2.07. The van der Waals surface area contributed by atoms with Crippen LogP contribution in [0.1, 0.15) is 12.8 Å². The Kier molecular flexibility index (Phi) is 1.82. The molecule has 0 aromatic rings. The van der Waals surface area contributed by atoms with Crippen LogP contribution in [0.25, 0.3) is 0 Å². The summed E-state index contributed by atoms with van der Waals surface area (Å²) < 4.78 is 0. The Bertz CT molecular complexity index is 269. The van der Waals surface area contributed by atoms with Crippen molar-refractivity contribution in [3.63, 3.8) is 0 Å². The summed E-state index contributed by atoms with van der Waals surface area (Å²) in [5.41, 5.74) is 0. The first-order valence-electron chi connectivity index (χ1n) is 5.45. The lowest BCUT2D eigenvalue weighted by molar-refractivity contribution is -0.136. The topological polar surface area (TPSA) is 52.6 Å². The fraction of sp³-hybridized carbons (Fsp3) is 0.900. The molecule has 1 aliphatic heterocycles. The van der Waals surface area contributed by atoms with Gasteiger partial charge in [-0.3, -0.25) is 4.79 Å². The molecule has 1 amide bonds. The Morgan fingerprint density at radius 3 is 2.93 bits per heavy atom. The van der Waals surface area contributed by atoms with Crippen molar-refractivity contribution in [3.05, 3.63) is 0 Å². The van der Waals surface area contributed by atoms with Gasteiger partial charge < -0.3 is 15.3 Å². The van der Waals surface area contributed by atoms with Crippen molar-refractivity contribution in [2.24, 2.45) is 11.8 Å². The summed E-state index contributed by atoms with van der Waals surface area (Å²) in [5.74, 6) is 1.36. The van der Waals surface area contributed by atoms with E-state index in [1.54, 1.807) is 0 Å². The van der Waals surface area contributed by atoms with Crippen molar-refractivity contribution in [2.75, 3.05) is 19.6 Å². The number of amides is 1. The number of carbonyl (C=O) groups is 1. The zero-order chi connectivity index (χ0) is 9.71. The molecule has 1 saturated heterocycles. The quantitative estimate of drug-likeness (QED) is 0.576. The molecule has 3 aliphatic rings. The number of piperazine rings is 1. The summed E-state index contributed by atoms with van der Waals surface area (Å²) >= 11 is 0. The van der Waals surface area contributed by atoms with E-state index in [0.29, 0.717) is 18.4 Å². The minimum absolute atomic E-state index is 0.119. The number of rotatable bonds is 1. The highest BCUT2D eigenvalue weighted by Crippen LogP contribution is 2.53. The molecule has 4 nitrogen and oxygen atoms in total. The summed E-state index contributed by atoms with van der Waals surface area (Å²) in [4.78, 5) is 13.5. The molecule has 4 heteroatoms. The summed E-state index contributed by atoms with van der Waals surface area (Å²) in [5, 5.41) is 13.0. The van der Waals surface area contributed by atoms with Gasteiger partial charge in [0, 0.05) is 13.1 Å². The Morgan fingerprint density at radius 2 is 2.29 bits per heavy atom. The van der Waals surface area contributed by atoms with Crippen LogP contribution in [-0.4, -0.2) is 47.7 Å². The van der Waals surface area contributed by atoms with Crippen molar-refractivity contribution in [1.29, 1.82) is 0 Å². The molecule has 2 N–H and O–H groups in total. The van der Waals surface area contributed by atoms with Crippen LogP contribution in [0.5, 0.6) is 0 Å². The zero-order valence-electron chi connectivity index (χ0n) is 8.15. The number of carbonyl (C=O) groups excluding carboxylic acids is 1. The third-order valence-corrected chi connectivity index (χ3v) is 3.88. The molecule has 2 saturated carbocycles. The van der Waals surface area contributed by atoms with Crippen molar-refractivity contribution in [2.45, 2.75) is 25.0 Å². The smallest absolute Gasteiger partial charge is 0.236 e. The molecule has 3 fully saturated rings. The lowest BCUT2D eigenvalue weighted by Gasteiger charge is -2.35. The maximum Gasteiger partial charge on any atom is 0.236 e. The molecule has 1 heterocycles. The maximum absolute atomic E-state index is 11.6. The Labute approximate surface area is 83.3 Å². The summed E-state index contributed by atoms with van der Waals surface area (Å²) in [6, 6.07) is 0.119. The SMILES string of the molecule is O=C1CNCCN1C1CC2CC2C1O. The maximum atomic E-state index is 11.6. The van der Waals surface area contributed by atoms with E-state index in [1.807, 2.05) is 4.90 Å². The van der Waals surface area contributed by atoms with Crippen LogP contribution in [0.3, 0.4) is 0 Å². The van der Waals surface area contributed by atoms with E-state index in [4.69, 9.17) is 0 Å². The van der Waals surface area contributed by atoms with Gasteiger partial charge >= 0.3 is 0 Å². The normalized spacial score (nSPS) is 46.6. The molecule has 0 aromatic heterocycles. The average Bonchev–Trinajstić information content (AvgIpc) is 2.88. The second kappa shape index (κ2) is 2.94. The molecular weight excluding hydrogens is 180 g/mol. The highest BCUT2D eigenvalue weighted by atomic mass is 16.3. The first-order chi connectivity index (χ1) is 6.77. The molecule has 0 spiro atoms. The molecule has 3 rings (SSSR count). The molecule has 14 heavy (non-hydrogen) atoms. The first-order valence-corrected chi connectivity index (χ1v) is 5.45. The van der Waals surface area contributed by atoms with E-state index in [9.17, 15) is 9.90 Å². The van der Waals surface area contributed by atoms with E-state index < -0.39 is 0 Å². The minimum atomic E-state index is -0.248. The van der Waals surface area contributed by atoms with Gasteiger partial charge in [-0.2, -0.15) is 0 Å². The first kappa shape index (κ1) is 8.68. The molecule has 78 valence electrons. The van der Waals surface area contributed by atoms with Crippen molar-refractivity contribution in [1.82, 2.24) is 10.2 Å². The Hall–Kier alpha value is -0.610. The van der Waals surface area contributed by atoms with Crippen LogP contribution >= 0.6 is 0 Å². The van der Waals surface area contributed by atoms with E-state index >= 15 is 0 Å². The number of aliphatic hydroxyl groups excluding tert-OH is 1. The van der Waals surface area contributed by atoms with Gasteiger partial charge in [-0.15, -0.1) is 0 Å². The second-order valence-electron chi connectivity index (χ2n) is 4.72. The van der Waals surface area contributed by atoms with Gasteiger partial charge in [-0.1, -0.05) is 0 Å². The minimum Gasteiger partial charge on any atom is -0.391 e. The third-order valence-electron chi connectivity index (χ3n) is 3.88. The fourth-order valence-electron chi connectivity index (χ4n) is 2.98. The van der Waals surface area contributed by atoms with Crippen LogP contribution < -0.4 is 5.32 Å². The van der Waals surface area contributed by atoms with Gasteiger partial charge in [-0.05, 0) is 24.7 Å². The lowest BCUT2D eigenvalue weighted by atomic mass is 10.1. The highest BCUT2D eigenvalue weighted by molar-refractivity contribution is 5.79. The molecule has 2 aliphatic carbocycles. The molecule has 0 radical (unpaired) electrons. The third kappa shape index (κ3) is 1.17. The van der Waals surface area contributed by atoms with Gasteiger partial charge in [0.15, 0.2) is 0 Å². The lowest BCUT2D eigenvalue weighted by Crippen LogP contribution is -2.55. The number of hydrogen-bond donors (Lipinski definition) is 2. The molecule has 0 aromatic carbocycles. The molecular formula is C10H16N2O2. The Balaban J connectivity index is 1.72. The monoisotopic (exact) mass is 196 g/mol. The van der Waals surface area contributed by atoms with Crippen molar-refractivity contribution < 1.29 is 9.90 Å². The standard InChI is InChI=1S/C10H16N2O2/c13-9-5-11-1-2-12(9)8-4-6-3-7(6)10(8)14/h6-8,10-11,14H,1-5H2. The van der Waals surface area contributed by atoms with Crippen LogP contribution in [0.15, 0.2) is 0 Å². The number of aliphatic hydroxyl groups is 1. The largest absolute Gasteiger partial charge is 0.391 e. The fourth-order valence-corrected chi connectivity index (χ4v) is 2.98. The van der Waals surface area contributed by atoms with Gasteiger partial charge in [0.1, 0.15) is 0 Å². The number of fused-ring (bicyclic) bond motifs is 1. The summed E-state index contributed by atoms with van der Waals surface area (Å²) in [6.07, 6.45) is 1.96. The van der Waals surface area contributed by atoms with Crippen molar-refractivity contribution >= 4 is 5.91 Å². The Morgan fingerprint density at radius 1 is 1.43 bits per heavy atom. The molecule has 0 bridgehead atoms. The number of hydrogen-bond acceptors (Lipinski definition) is 3. The zero-order valence-corrected chi connectivity index (χ0v) is 8.15. The van der Waals surface area contributed by atoms with Gasteiger partial charge in [0.25, 0.3) is 0 Å². The average molecular weight is 196 g/mol. The van der Waals surface area contributed by atoms with Gasteiger partial charge in [0.2, 0.25) is 5.91 Å². The van der Waals surface area contributed by atoms with Crippen LogP contribution in [0.2, 0.25) is 0 Å². The van der Waals surface area contributed by atoms with E-state index in [0.717, 1.165) is 19.5 Å². The molecule has 4 atom stereocenters. The van der Waals surface area contributed by atoms with Crippen LogP contribution in [-0.2, 0) is 4.79 Å². The number of nitrogens with zero attached hydrogens (tertiary/aromatic N) is 1. The van der Waals surface area contributed by atoms with Crippen LogP contribution in [0, 0.1) is 11.8 Å². The van der Waals surface area contributed by atoms with Gasteiger partial charge in [-0.25, -0.2) is 0 Å². The summed E-state index contributed by atoms with van der Waals surface area (Å²) in [7, 11) is 0. The van der Waals surface area contributed by atoms with E-state index in [1.165, 1.54) is 6.42 Å². The predicted molar refractivity (Wildman–Crippen MR) is 50.6 cm³/mol. The second-order valence-corrected chi connectivity index (χ2v) is 4.72. The molecule has 4 unspecified atom stereocenters. The van der Waals surface area contributed by atoms with Crippen molar-refractivity contribution in [3.8, 4) is 0 Å². The van der Waals surface area contributed by atoms with E-state index in [-0.39, 0.29) is 18.1 Å². The predicted octanol–water partition coefficient (Wildman–Crippen LogP) is -0.812. The van der Waals surface area contributed by atoms with Gasteiger partial charge in [0.05, 0.1) is 18.7 Å². The highest BCUT2D eigenvalue weighted by Gasteiger charge is 2.55. The van der Waals surface area contributed by atoms with Crippen LogP contribution in [0.4, 0.5) is 0 Å². The van der Waals surface area contributed by atoms with E-state index in [2.05, 4.69) is 5.32 Å². The number of nitrogens with one attached hydrogen (secondary N) is 1.